The number of nitrogens with two attached hydrogens (primary N) is 2. The lowest BCUT2D eigenvalue weighted by Crippen LogP contribution is -2.56. The van der Waals surface area contributed by atoms with Gasteiger partial charge in [0.05, 0.1) is 5.41 Å². The fourth-order valence-corrected chi connectivity index (χ4v) is 5.28. The molecule has 5 nitrogen and oxygen atoms in total. The van der Waals surface area contributed by atoms with Crippen molar-refractivity contribution in [1.29, 1.82) is 0 Å². The zero-order valence-corrected chi connectivity index (χ0v) is 15.1. The Morgan fingerprint density at radius 2 is 1.54 bits per heavy atom. The van der Waals surface area contributed by atoms with Crippen molar-refractivity contribution in [3.63, 3.8) is 0 Å². The molecule has 0 aromatic carbocycles. The molecular formula is C19H33N3O2. The molecule has 2 saturated carbocycles. The molecule has 4 N–H and O–H groups in total. The van der Waals surface area contributed by atoms with Crippen LogP contribution in [0, 0.1) is 10.8 Å². The molecule has 2 fully saturated rings. The Kier molecular flexibility index (Phi) is 6.41. The van der Waals surface area contributed by atoms with Gasteiger partial charge < -0.3 is 11.5 Å². The van der Waals surface area contributed by atoms with Crippen LogP contribution in [0.5, 0.6) is 0 Å². The van der Waals surface area contributed by atoms with E-state index in [0.29, 0.717) is 12.8 Å². The Morgan fingerprint density at radius 3 is 2.08 bits per heavy atom. The van der Waals surface area contributed by atoms with Gasteiger partial charge in [-0.1, -0.05) is 38.5 Å². The van der Waals surface area contributed by atoms with Crippen LogP contribution < -0.4 is 11.5 Å². The minimum absolute atomic E-state index is 0.239. The summed E-state index contributed by atoms with van der Waals surface area (Å²) in [4.78, 5) is 29.0. The van der Waals surface area contributed by atoms with E-state index in [1.54, 1.807) is 7.05 Å². The lowest BCUT2D eigenvalue weighted by molar-refractivity contribution is -0.133. The van der Waals surface area contributed by atoms with Crippen LogP contribution in [-0.4, -0.2) is 24.6 Å². The van der Waals surface area contributed by atoms with Crippen LogP contribution >= 0.6 is 0 Å². The molecule has 2 rings (SSSR count). The van der Waals surface area contributed by atoms with Gasteiger partial charge in [0.1, 0.15) is 0 Å². The molecule has 2 aliphatic carbocycles. The number of amides is 2. The molecule has 5 heteroatoms. The number of hydrogen-bond acceptors (Lipinski definition) is 3. The van der Waals surface area contributed by atoms with Gasteiger partial charge in [0.2, 0.25) is 11.8 Å². The Balaban J connectivity index is 2.54. The molecule has 0 aromatic rings. The average molecular weight is 335 g/mol. The van der Waals surface area contributed by atoms with Crippen molar-refractivity contribution in [3.8, 4) is 0 Å². The van der Waals surface area contributed by atoms with E-state index in [2.05, 4.69) is 4.99 Å². The highest BCUT2D eigenvalue weighted by Gasteiger charge is 2.57. The van der Waals surface area contributed by atoms with Gasteiger partial charge >= 0.3 is 0 Å². The van der Waals surface area contributed by atoms with E-state index < -0.39 is 5.41 Å². The molecule has 0 saturated heterocycles. The van der Waals surface area contributed by atoms with Crippen molar-refractivity contribution in [2.24, 2.45) is 27.3 Å². The van der Waals surface area contributed by atoms with Gasteiger partial charge in [-0.2, -0.15) is 0 Å². The fourth-order valence-electron chi connectivity index (χ4n) is 5.28. The van der Waals surface area contributed by atoms with Crippen molar-refractivity contribution in [2.45, 2.75) is 83.5 Å². The number of aliphatic imine (C=N–C) groups is 1. The number of carbonyl (C=O) groups is 2. The van der Waals surface area contributed by atoms with Crippen molar-refractivity contribution in [1.82, 2.24) is 0 Å². The first-order valence-electron chi connectivity index (χ1n) is 9.53. The standard InChI is InChI=1S/C19H33N3O2/c1-22-15-9-5-4-8-13-19(15,17(21)24)18(14-10-16(20)23)11-6-2-3-7-12-18/h2-14H2,1H3,(H2,20,23)(H2,21,24). The van der Waals surface area contributed by atoms with E-state index in [4.69, 9.17) is 11.5 Å². The first-order valence-corrected chi connectivity index (χ1v) is 9.53. The molecule has 0 radical (unpaired) electrons. The van der Waals surface area contributed by atoms with Crippen LogP contribution in [0.15, 0.2) is 4.99 Å². The van der Waals surface area contributed by atoms with Gasteiger partial charge in [-0.25, -0.2) is 0 Å². The highest BCUT2D eigenvalue weighted by atomic mass is 16.1. The molecule has 0 aromatic heterocycles. The summed E-state index contributed by atoms with van der Waals surface area (Å²) >= 11 is 0. The van der Waals surface area contributed by atoms with Crippen molar-refractivity contribution >= 4 is 17.5 Å². The normalized spacial score (nSPS) is 29.6. The van der Waals surface area contributed by atoms with E-state index in [9.17, 15) is 9.59 Å². The first-order chi connectivity index (χ1) is 11.5. The summed E-state index contributed by atoms with van der Waals surface area (Å²) in [6.07, 6.45) is 12.2. The Bertz CT molecular complexity index is 493. The van der Waals surface area contributed by atoms with Gasteiger partial charge in [0.15, 0.2) is 0 Å². The van der Waals surface area contributed by atoms with E-state index in [1.165, 1.54) is 12.8 Å². The summed E-state index contributed by atoms with van der Waals surface area (Å²) in [6.45, 7) is 0. The van der Waals surface area contributed by atoms with Crippen molar-refractivity contribution < 1.29 is 9.59 Å². The monoisotopic (exact) mass is 335 g/mol. The van der Waals surface area contributed by atoms with E-state index in [1.807, 2.05) is 0 Å². The van der Waals surface area contributed by atoms with Crippen LogP contribution in [0.2, 0.25) is 0 Å². The predicted molar refractivity (Wildman–Crippen MR) is 96.6 cm³/mol. The Hall–Kier alpha value is -1.39. The average Bonchev–Trinajstić information content (AvgIpc) is 2.92. The number of carbonyl (C=O) groups excluding carboxylic acids is 2. The summed E-state index contributed by atoms with van der Waals surface area (Å²) in [5.74, 6) is -0.529. The summed E-state index contributed by atoms with van der Waals surface area (Å²) in [5.41, 5.74) is 11.6. The second-order valence-corrected chi connectivity index (χ2v) is 7.66. The topological polar surface area (TPSA) is 98.5 Å². The molecule has 0 bridgehead atoms. The van der Waals surface area contributed by atoms with E-state index in [0.717, 1.165) is 63.5 Å². The Morgan fingerprint density at radius 1 is 0.958 bits per heavy atom. The minimum Gasteiger partial charge on any atom is -0.370 e. The third kappa shape index (κ3) is 3.50. The molecule has 136 valence electrons. The van der Waals surface area contributed by atoms with Crippen LogP contribution in [0.4, 0.5) is 0 Å². The maximum atomic E-state index is 12.9. The quantitative estimate of drug-likeness (QED) is 0.755. The highest BCUT2D eigenvalue weighted by Crippen LogP contribution is 2.56. The van der Waals surface area contributed by atoms with Crippen LogP contribution in [-0.2, 0) is 9.59 Å². The van der Waals surface area contributed by atoms with Crippen molar-refractivity contribution in [3.05, 3.63) is 0 Å². The van der Waals surface area contributed by atoms with Crippen LogP contribution in [0.1, 0.15) is 83.5 Å². The second-order valence-electron chi connectivity index (χ2n) is 7.66. The molecule has 0 spiro atoms. The molecule has 24 heavy (non-hydrogen) atoms. The maximum absolute atomic E-state index is 12.9. The molecule has 1 unspecified atom stereocenters. The highest BCUT2D eigenvalue weighted by molar-refractivity contribution is 6.09. The molecular weight excluding hydrogens is 302 g/mol. The number of rotatable bonds is 5. The maximum Gasteiger partial charge on any atom is 0.229 e. The summed E-state index contributed by atoms with van der Waals surface area (Å²) < 4.78 is 0. The molecule has 1 atom stereocenters. The number of primary amides is 2. The second kappa shape index (κ2) is 8.13. The largest absolute Gasteiger partial charge is 0.370 e. The van der Waals surface area contributed by atoms with Gasteiger partial charge in [-0.15, -0.1) is 0 Å². The summed E-state index contributed by atoms with van der Waals surface area (Å²) in [7, 11) is 1.79. The fraction of sp³-hybridized carbons (Fsp3) is 0.842. The lowest BCUT2D eigenvalue weighted by atomic mass is 9.53. The first kappa shape index (κ1) is 18.9. The molecule has 2 aliphatic rings. The van der Waals surface area contributed by atoms with Crippen molar-refractivity contribution in [2.75, 3.05) is 7.05 Å². The van der Waals surface area contributed by atoms with Crippen LogP contribution in [0.25, 0.3) is 0 Å². The third-order valence-electron chi connectivity index (χ3n) is 6.46. The molecule has 2 amide bonds. The van der Waals surface area contributed by atoms with Gasteiger partial charge in [0.25, 0.3) is 0 Å². The minimum atomic E-state index is -0.696. The van der Waals surface area contributed by atoms with E-state index in [-0.39, 0.29) is 17.2 Å². The smallest absolute Gasteiger partial charge is 0.229 e. The molecule has 0 aliphatic heterocycles. The summed E-state index contributed by atoms with van der Waals surface area (Å²) in [6, 6.07) is 0. The van der Waals surface area contributed by atoms with E-state index >= 15 is 0 Å². The molecule has 0 heterocycles. The SMILES string of the molecule is CN=C1CCCCCC1(C(N)=O)C1(CCC(N)=O)CCCCCC1. The zero-order valence-electron chi connectivity index (χ0n) is 15.1. The number of hydrogen-bond donors (Lipinski definition) is 2. The summed E-state index contributed by atoms with van der Waals surface area (Å²) in [5, 5.41) is 0. The number of nitrogens with zero attached hydrogens (tertiary/aromatic N) is 1. The predicted octanol–water partition coefficient (Wildman–Crippen LogP) is 3.10. The van der Waals surface area contributed by atoms with Gasteiger partial charge in [-0.3, -0.25) is 14.6 Å². The zero-order chi connectivity index (χ0) is 17.6. The van der Waals surface area contributed by atoms with Gasteiger partial charge in [-0.05, 0) is 43.9 Å². The Labute approximate surface area is 145 Å². The van der Waals surface area contributed by atoms with Gasteiger partial charge in [0, 0.05) is 19.2 Å². The third-order valence-corrected chi connectivity index (χ3v) is 6.46. The lowest BCUT2D eigenvalue weighted by Gasteiger charge is -2.49. The van der Waals surface area contributed by atoms with Crippen LogP contribution in [0.3, 0.4) is 0 Å².